The molecule has 3 aromatic carbocycles. The highest BCUT2D eigenvalue weighted by atomic mass is 32.2. The number of nitrogens with zero attached hydrogens (tertiary/aromatic N) is 2. The first kappa shape index (κ1) is 23.7. The van der Waals surface area contributed by atoms with Gasteiger partial charge in [-0.2, -0.15) is 0 Å². The summed E-state index contributed by atoms with van der Waals surface area (Å²) in [6, 6.07) is 26.9. The number of rotatable bonds is 9. The summed E-state index contributed by atoms with van der Waals surface area (Å²) in [4.78, 5) is 13.4. The molecule has 4 aromatic rings. The van der Waals surface area contributed by atoms with Crippen LogP contribution in [0.2, 0.25) is 0 Å². The number of benzene rings is 3. The van der Waals surface area contributed by atoms with Crippen LogP contribution in [-0.4, -0.2) is 43.8 Å². The van der Waals surface area contributed by atoms with Crippen molar-refractivity contribution in [3.05, 3.63) is 102 Å². The molecule has 34 heavy (non-hydrogen) atoms. The van der Waals surface area contributed by atoms with Crippen molar-refractivity contribution >= 4 is 26.8 Å². The number of amides is 1. The molecule has 1 amide bonds. The van der Waals surface area contributed by atoms with E-state index in [0.29, 0.717) is 24.2 Å². The molecule has 0 radical (unpaired) electrons. The van der Waals surface area contributed by atoms with E-state index in [2.05, 4.69) is 17.4 Å². The molecule has 0 aliphatic rings. The number of carbonyl (C=O) groups excluding carboxylic acids is 1. The molecular weight excluding hydrogens is 446 g/mol. The molecule has 1 aromatic heterocycles. The van der Waals surface area contributed by atoms with Crippen LogP contribution in [-0.2, 0) is 23.0 Å². The maximum Gasteiger partial charge on any atom is 0.267 e. The fourth-order valence-corrected chi connectivity index (χ4v) is 4.91. The number of sulfonamides is 1. The number of hydrogen-bond acceptors (Lipinski definition) is 3. The average Bonchev–Trinajstić information content (AvgIpc) is 3.20. The molecule has 0 aliphatic heterocycles. The molecule has 1 N–H and O–H groups in total. The van der Waals surface area contributed by atoms with Crippen molar-refractivity contribution in [2.24, 2.45) is 0 Å². The Bertz CT molecular complexity index is 1380. The maximum absolute atomic E-state index is 13.2. The Balaban J connectivity index is 1.61. The fourth-order valence-electron chi connectivity index (χ4n) is 3.97. The van der Waals surface area contributed by atoms with Crippen molar-refractivity contribution in [2.45, 2.75) is 24.3 Å². The summed E-state index contributed by atoms with van der Waals surface area (Å²) in [5.74, 6) is -0.169. The van der Waals surface area contributed by atoms with Gasteiger partial charge in [-0.3, -0.25) is 4.79 Å². The molecule has 4 rings (SSSR count). The first-order valence-corrected chi connectivity index (χ1v) is 12.7. The second-order valence-corrected chi connectivity index (χ2v) is 10.6. The molecule has 6 nitrogen and oxygen atoms in total. The molecular formula is C27H29N3O3S. The van der Waals surface area contributed by atoms with Gasteiger partial charge < -0.3 is 9.88 Å². The molecule has 1 heterocycles. The van der Waals surface area contributed by atoms with Crippen molar-refractivity contribution in [3.8, 4) is 0 Å². The van der Waals surface area contributed by atoms with Crippen LogP contribution in [0.3, 0.4) is 0 Å². The van der Waals surface area contributed by atoms with Gasteiger partial charge in [0, 0.05) is 38.1 Å². The van der Waals surface area contributed by atoms with Gasteiger partial charge in [-0.15, -0.1) is 0 Å². The van der Waals surface area contributed by atoms with Gasteiger partial charge in [-0.25, -0.2) is 12.7 Å². The van der Waals surface area contributed by atoms with Crippen LogP contribution in [0.1, 0.15) is 28.0 Å². The SMILES string of the molecule is CN(C)S(=O)(=O)c1ccc2c(c1)cc(C(=O)NCCCc1ccccc1)n2Cc1ccccc1. The third-order valence-corrected chi connectivity index (χ3v) is 7.65. The summed E-state index contributed by atoms with van der Waals surface area (Å²) in [5, 5.41) is 3.75. The Hall–Kier alpha value is -3.42. The normalized spacial score (nSPS) is 11.7. The summed E-state index contributed by atoms with van der Waals surface area (Å²) >= 11 is 0. The lowest BCUT2D eigenvalue weighted by Gasteiger charge is -2.13. The first-order valence-electron chi connectivity index (χ1n) is 11.3. The van der Waals surface area contributed by atoms with E-state index in [1.807, 2.05) is 53.1 Å². The van der Waals surface area contributed by atoms with Crippen LogP contribution in [0, 0.1) is 0 Å². The van der Waals surface area contributed by atoms with Gasteiger partial charge in [0.05, 0.1) is 4.90 Å². The van der Waals surface area contributed by atoms with E-state index in [-0.39, 0.29) is 10.8 Å². The quantitative estimate of drug-likeness (QED) is 0.367. The van der Waals surface area contributed by atoms with Gasteiger partial charge in [-0.1, -0.05) is 60.7 Å². The van der Waals surface area contributed by atoms with E-state index >= 15 is 0 Å². The summed E-state index contributed by atoms with van der Waals surface area (Å²) < 4.78 is 28.4. The van der Waals surface area contributed by atoms with E-state index in [1.54, 1.807) is 24.3 Å². The average molecular weight is 476 g/mol. The lowest BCUT2D eigenvalue weighted by molar-refractivity contribution is 0.0945. The van der Waals surface area contributed by atoms with Gasteiger partial charge >= 0.3 is 0 Å². The highest BCUT2D eigenvalue weighted by Gasteiger charge is 2.21. The number of aromatic nitrogens is 1. The molecule has 0 saturated heterocycles. The largest absolute Gasteiger partial charge is 0.351 e. The van der Waals surface area contributed by atoms with Crippen LogP contribution in [0.15, 0.2) is 89.8 Å². The van der Waals surface area contributed by atoms with Crippen LogP contribution in [0.25, 0.3) is 10.9 Å². The van der Waals surface area contributed by atoms with Crippen molar-refractivity contribution in [1.29, 1.82) is 0 Å². The van der Waals surface area contributed by atoms with Crippen molar-refractivity contribution in [3.63, 3.8) is 0 Å². The molecule has 0 bridgehead atoms. The van der Waals surface area contributed by atoms with E-state index in [9.17, 15) is 13.2 Å². The molecule has 0 fully saturated rings. The maximum atomic E-state index is 13.2. The Labute approximate surface area is 200 Å². The lowest BCUT2D eigenvalue weighted by atomic mass is 10.1. The van der Waals surface area contributed by atoms with Crippen LogP contribution < -0.4 is 5.32 Å². The Morgan fingerprint density at radius 1 is 0.882 bits per heavy atom. The number of carbonyl (C=O) groups is 1. The monoisotopic (exact) mass is 475 g/mol. The van der Waals surface area contributed by atoms with Crippen molar-refractivity contribution in [1.82, 2.24) is 14.2 Å². The summed E-state index contributed by atoms with van der Waals surface area (Å²) in [6.45, 7) is 1.07. The highest BCUT2D eigenvalue weighted by molar-refractivity contribution is 7.89. The van der Waals surface area contributed by atoms with Crippen molar-refractivity contribution < 1.29 is 13.2 Å². The van der Waals surface area contributed by atoms with Crippen LogP contribution in [0.4, 0.5) is 0 Å². The summed E-state index contributed by atoms with van der Waals surface area (Å²) in [7, 11) is -0.555. The summed E-state index contributed by atoms with van der Waals surface area (Å²) in [6.07, 6.45) is 1.72. The van der Waals surface area contributed by atoms with Crippen LogP contribution in [0.5, 0.6) is 0 Å². The second kappa shape index (κ2) is 10.2. The zero-order valence-corrected chi connectivity index (χ0v) is 20.3. The minimum atomic E-state index is -3.57. The number of hydrogen-bond donors (Lipinski definition) is 1. The Morgan fingerprint density at radius 2 is 1.53 bits per heavy atom. The molecule has 176 valence electrons. The van der Waals surface area contributed by atoms with Gasteiger partial charge in [0.15, 0.2) is 0 Å². The summed E-state index contributed by atoms with van der Waals surface area (Å²) in [5.41, 5.74) is 3.63. The zero-order chi connectivity index (χ0) is 24.1. The van der Waals surface area contributed by atoms with Crippen LogP contribution >= 0.6 is 0 Å². The minimum Gasteiger partial charge on any atom is -0.351 e. The van der Waals surface area contributed by atoms with E-state index < -0.39 is 10.0 Å². The Kier molecular flexibility index (Phi) is 7.14. The third-order valence-electron chi connectivity index (χ3n) is 5.84. The zero-order valence-electron chi connectivity index (χ0n) is 19.4. The predicted molar refractivity (Wildman–Crippen MR) is 135 cm³/mol. The molecule has 7 heteroatoms. The van der Waals surface area contributed by atoms with Gasteiger partial charge in [0.2, 0.25) is 10.0 Å². The van der Waals surface area contributed by atoms with E-state index in [0.717, 1.165) is 23.9 Å². The number of nitrogens with one attached hydrogen (secondary N) is 1. The molecule has 0 unspecified atom stereocenters. The molecule has 0 spiro atoms. The second-order valence-electron chi connectivity index (χ2n) is 8.45. The number of fused-ring (bicyclic) bond motifs is 1. The first-order chi connectivity index (χ1) is 16.4. The molecule has 0 saturated carbocycles. The fraction of sp³-hybridized carbons (Fsp3) is 0.222. The molecule has 0 atom stereocenters. The topological polar surface area (TPSA) is 71.4 Å². The standard InChI is InChI=1S/C27H29N3O3S/c1-29(2)34(32,33)24-15-16-25-23(18-24)19-26(30(25)20-22-12-7-4-8-13-22)27(31)28-17-9-14-21-10-5-3-6-11-21/h3-8,10-13,15-16,18-19H,9,14,17,20H2,1-2H3,(H,28,31). The van der Waals surface area contributed by atoms with Gasteiger partial charge in [0.1, 0.15) is 5.69 Å². The van der Waals surface area contributed by atoms with E-state index in [4.69, 9.17) is 0 Å². The minimum absolute atomic E-state index is 0.169. The van der Waals surface area contributed by atoms with Gasteiger partial charge in [-0.05, 0) is 48.2 Å². The smallest absolute Gasteiger partial charge is 0.267 e. The number of aryl methyl sites for hydroxylation is 1. The van der Waals surface area contributed by atoms with Crippen molar-refractivity contribution in [2.75, 3.05) is 20.6 Å². The van der Waals surface area contributed by atoms with Gasteiger partial charge in [0.25, 0.3) is 5.91 Å². The Morgan fingerprint density at radius 3 is 2.18 bits per heavy atom. The predicted octanol–water partition coefficient (Wildman–Crippen LogP) is 4.30. The molecule has 0 aliphatic carbocycles. The highest BCUT2D eigenvalue weighted by Crippen LogP contribution is 2.26. The van der Waals surface area contributed by atoms with E-state index in [1.165, 1.54) is 24.0 Å². The third kappa shape index (κ3) is 5.21. The lowest BCUT2D eigenvalue weighted by Crippen LogP contribution is -2.27.